The second kappa shape index (κ2) is 8.59. The quantitative estimate of drug-likeness (QED) is 0.783. The monoisotopic (exact) mass is 343 g/mol. The Hall–Kier alpha value is -1.72. The van der Waals surface area contributed by atoms with E-state index >= 15 is 0 Å². The van der Waals surface area contributed by atoms with Crippen LogP contribution < -0.4 is 0 Å². The zero-order chi connectivity index (χ0) is 17.6. The summed E-state index contributed by atoms with van der Waals surface area (Å²) >= 11 is 0. The molecule has 0 amide bonds. The number of rotatable bonds is 8. The smallest absolute Gasteiger partial charge is 0.243 e. The van der Waals surface area contributed by atoms with Crippen LogP contribution in [0, 0.1) is 0 Å². The van der Waals surface area contributed by atoms with Crippen molar-refractivity contribution in [3.63, 3.8) is 0 Å². The molecule has 2 aromatic rings. The van der Waals surface area contributed by atoms with Gasteiger partial charge in [0, 0.05) is 12.5 Å². The van der Waals surface area contributed by atoms with Crippen molar-refractivity contribution in [3.05, 3.63) is 47.6 Å². The lowest BCUT2D eigenvalue weighted by molar-refractivity contribution is 0.0934. The van der Waals surface area contributed by atoms with Gasteiger partial charge in [0.25, 0.3) is 0 Å². The third-order valence-electron chi connectivity index (χ3n) is 5.19. The Kier molecular flexibility index (Phi) is 6.21. The van der Waals surface area contributed by atoms with Crippen LogP contribution >= 0.6 is 0 Å². The maximum absolute atomic E-state index is 10.6. The highest BCUT2D eigenvalue weighted by atomic mass is 16.5. The van der Waals surface area contributed by atoms with Crippen LogP contribution in [0.4, 0.5) is 0 Å². The molecule has 1 aliphatic rings. The zero-order valence-corrected chi connectivity index (χ0v) is 15.3. The summed E-state index contributed by atoms with van der Waals surface area (Å²) in [6.07, 6.45) is 5.65. The SMILES string of the molecule is CCCCc1noc(C(C)N2CCCC2CC(O)c2ccccc2)n1. The number of aromatic nitrogens is 2. The second-order valence-corrected chi connectivity index (χ2v) is 7.02. The summed E-state index contributed by atoms with van der Waals surface area (Å²) in [6, 6.07) is 10.4. The molecular weight excluding hydrogens is 314 g/mol. The number of aliphatic hydroxyl groups is 1. The molecular formula is C20H29N3O2. The second-order valence-electron chi connectivity index (χ2n) is 7.02. The Bertz CT molecular complexity index is 643. The summed E-state index contributed by atoms with van der Waals surface area (Å²) in [5, 5.41) is 14.7. The van der Waals surface area contributed by atoms with Crippen molar-refractivity contribution in [2.24, 2.45) is 0 Å². The molecule has 3 rings (SSSR count). The molecule has 3 unspecified atom stereocenters. The first kappa shape index (κ1) is 18.1. The summed E-state index contributed by atoms with van der Waals surface area (Å²) in [5.74, 6) is 1.51. The first-order valence-electron chi connectivity index (χ1n) is 9.50. The van der Waals surface area contributed by atoms with E-state index in [1.807, 2.05) is 30.3 Å². The van der Waals surface area contributed by atoms with Gasteiger partial charge in [0.2, 0.25) is 5.89 Å². The van der Waals surface area contributed by atoms with E-state index in [9.17, 15) is 5.11 Å². The maximum Gasteiger partial charge on any atom is 0.243 e. The number of likely N-dealkylation sites (tertiary alicyclic amines) is 1. The van der Waals surface area contributed by atoms with Crippen LogP contribution in [0.1, 0.15) is 75.4 Å². The lowest BCUT2D eigenvalue weighted by atomic mass is 10.00. The van der Waals surface area contributed by atoms with Gasteiger partial charge in [-0.2, -0.15) is 4.98 Å². The lowest BCUT2D eigenvalue weighted by Crippen LogP contribution is -2.33. The summed E-state index contributed by atoms with van der Waals surface area (Å²) < 4.78 is 5.51. The molecule has 5 heteroatoms. The molecule has 0 spiro atoms. The number of aliphatic hydroxyl groups excluding tert-OH is 1. The van der Waals surface area contributed by atoms with Gasteiger partial charge in [-0.15, -0.1) is 0 Å². The molecule has 1 aromatic heterocycles. The molecule has 0 bridgehead atoms. The van der Waals surface area contributed by atoms with E-state index in [0.29, 0.717) is 11.9 Å². The first-order chi connectivity index (χ1) is 12.2. The van der Waals surface area contributed by atoms with Gasteiger partial charge in [0.05, 0.1) is 12.1 Å². The lowest BCUT2D eigenvalue weighted by Gasteiger charge is -2.30. The van der Waals surface area contributed by atoms with Crippen molar-refractivity contribution in [1.82, 2.24) is 15.0 Å². The van der Waals surface area contributed by atoms with Crippen LogP contribution in [-0.2, 0) is 6.42 Å². The van der Waals surface area contributed by atoms with Crippen molar-refractivity contribution in [1.29, 1.82) is 0 Å². The third kappa shape index (κ3) is 4.47. The number of aryl methyl sites for hydroxylation is 1. The van der Waals surface area contributed by atoms with Gasteiger partial charge in [-0.25, -0.2) is 0 Å². The van der Waals surface area contributed by atoms with E-state index in [-0.39, 0.29) is 6.04 Å². The van der Waals surface area contributed by atoms with Gasteiger partial charge in [0.15, 0.2) is 5.82 Å². The van der Waals surface area contributed by atoms with Gasteiger partial charge in [-0.05, 0) is 44.7 Å². The van der Waals surface area contributed by atoms with Gasteiger partial charge in [-0.1, -0.05) is 48.8 Å². The number of nitrogens with zero attached hydrogens (tertiary/aromatic N) is 3. The fraction of sp³-hybridized carbons (Fsp3) is 0.600. The Balaban J connectivity index is 1.63. The van der Waals surface area contributed by atoms with Crippen molar-refractivity contribution in [3.8, 4) is 0 Å². The summed E-state index contributed by atoms with van der Waals surface area (Å²) in [4.78, 5) is 6.99. The molecule has 1 N–H and O–H groups in total. The highest BCUT2D eigenvalue weighted by Crippen LogP contribution is 2.33. The van der Waals surface area contributed by atoms with E-state index < -0.39 is 6.10 Å². The predicted octanol–water partition coefficient (Wildman–Crippen LogP) is 4.06. The van der Waals surface area contributed by atoms with Crippen LogP contribution in [-0.4, -0.2) is 32.7 Å². The van der Waals surface area contributed by atoms with Gasteiger partial charge in [-0.3, -0.25) is 4.90 Å². The minimum absolute atomic E-state index is 0.0957. The Morgan fingerprint density at radius 3 is 2.88 bits per heavy atom. The number of hydrogen-bond donors (Lipinski definition) is 1. The molecule has 1 fully saturated rings. The first-order valence-corrected chi connectivity index (χ1v) is 9.50. The topological polar surface area (TPSA) is 62.4 Å². The summed E-state index contributed by atoms with van der Waals surface area (Å²) in [5.41, 5.74) is 0.988. The molecule has 0 saturated carbocycles. The maximum atomic E-state index is 10.6. The number of hydrogen-bond acceptors (Lipinski definition) is 5. The largest absolute Gasteiger partial charge is 0.388 e. The number of benzene rings is 1. The van der Waals surface area contributed by atoms with E-state index in [2.05, 4.69) is 28.9 Å². The highest BCUT2D eigenvalue weighted by Gasteiger charge is 2.33. The van der Waals surface area contributed by atoms with Crippen LogP contribution in [0.5, 0.6) is 0 Å². The van der Waals surface area contributed by atoms with E-state index in [4.69, 9.17) is 4.52 Å². The molecule has 2 heterocycles. The van der Waals surface area contributed by atoms with Gasteiger partial charge in [0.1, 0.15) is 0 Å². The fourth-order valence-corrected chi connectivity index (χ4v) is 3.71. The van der Waals surface area contributed by atoms with Crippen molar-refractivity contribution >= 4 is 0 Å². The standard InChI is InChI=1S/C20H29N3O2/c1-3-4-12-19-21-20(25-22-19)15(2)23-13-8-11-17(23)14-18(24)16-9-6-5-7-10-16/h5-7,9-10,15,17-18,24H,3-4,8,11-14H2,1-2H3. The predicted molar refractivity (Wildman–Crippen MR) is 97.1 cm³/mol. The summed E-state index contributed by atoms with van der Waals surface area (Å²) in [7, 11) is 0. The molecule has 3 atom stereocenters. The van der Waals surface area contributed by atoms with Crippen molar-refractivity contribution in [2.75, 3.05) is 6.54 Å². The average Bonchev–Trinajstić information content (AvgIpc) is 3.29. The molecule has 0 aliphatic carbocycles. The van der Waals surface area contributed by atoms with Crippen molar-refractivity contribution in [2.45, 2.75) is 70.6 Å². The van der Waals surface area contributed by atoms with E-state index in [1.54, 1.807) is 0 Å². The van der Waals surface area contributed by atoms with Gasteiger partial charge >= 0.3 is 0 Å². The Morgan fingerprint density at radius 2 is 2.12 bits per heavy atom. The fourth-order valence-electron chi connectivity index (χ4n) is 3.71. The number of unbranched alkanes of at least 4 members (excludes halogenated alkanes) is 1. The van der Waals surface area contributed by atoms with Crippen LogP contribution in [0.2, 0.25) is 0 Å². The minimum Gasteiger partial charge on any atom is -0.388 e. The van der Waals surface area contributed by atoms with Crippen LogP contribution in [0.3, 0.4) is 0 Å². The molecule has 1 aromatic carbocycles. The van der Waals surface area contributed by atoms with E-state index in [1.165, 1.54) is 0 Å². The van der Waals surface area contributed by atoms with Crippen LogP contribution in [0.25, 0.3) is 0 Å². The summed E-state index contributed by atoms with van der Waals surface area (Å²) in [6.45, 7) is 5.31. The highest BCUT2D eigenvalue weighted by molar-refractivity contribution is 5.17. The average molecular weight is 343 g/mol. The molecule has 25 heavy (non-hydrogen) atoms. The molecule has 136 valence electrons. The molecule has 1 saturated heterocycles. The Labute approximate surface area is 150 Å². The normalized spacial score (nSPS) is 20.7. The minimum atomic E-state index is -0.429. The molecule has 0 radical (unpaired) electrons. The third-order valence-corrected chi connectivity index (χ3v) is 5.19. The zero-order valence-electron chi connectivity index (χ0n) is 15.3. The van der Waals surface area contributed by atoms with Gasteiger partial charge < -0.3 is 9.63 Å². The molecule has 5 nitrogen and oxygen atoms in total. The van der Waals surface area contributed by atoms with E-state index in [0.717, 1.165) is 56.5 Å². The van der Waals surface area contributed by atoms with Crippen molar-refractivity contribution < 1.29 is 9.63 Å². The Morgan fingerprint density at radius 1 is 1.32 bits per heavy atom. The molecule has 1 aliphatic heterocycles. The van der Waals surface area contributed by atoms with Crippen LogP contribution in [0.15, 0.2) is 34.9 Å².